The van der Waals surface area contributed by atoms with Crippen molar-refractivity contribution < 1.29 is 14.7 Å². The van der Waals surface area contributed by atoms with Crippen molar-refractivity contribution in [2.75, 3.05) is 0 Å². The highest BCUT2D eigenvalue weighted by Gasteiger charge is 2.34. The van der Waals surface area contributed by atoms with Gasteiger partial charge in [0.1, 0.15) is 0 Å². The lowest BCUT2D eigenvalue weighted by molar-refractivity contribution is 0.0923. The third-order valence-electron chi connectivity index (χ3n) is 4.04. The number of aliphatic hydroxyl groups is 1. The minimum absolute atomic E-state index is 0.192. The Morgan fingerprint density at radius 2 is 1.67 bits per heavy atom. The molecule has 1 N–H and O–H groups in total. The zero-order chi connectivity index (χ0) is 15.3. The average molecular weight is 280 g/mol. The maximum atomic E-state index is 12.6. The van der Waals surface area contributed by atoms with Crippen molar-refractivity contribution in [3.05, 3.63) is 58.4 Å². The van der Waals surface area contributed by atoms with Crippen LogP contribution in [0.4, 0.5) is 0 Å². The number of ketones is 2. The Hall–Kier alpha value is -2.42. The summed E-state index contributed by atoms with van der Waals surface area (Å²) in [4.78, 5) is 25.1. The summed E-state index contributed by atoms with van der Waals surface area (Å²) in [6, 6.07) is 9.20. The lowest BCUT2D eigenvalue weighted by Crippen LogP contribution is -2.25. The second kappa shape index (κ2) is 4.55. The van der Waals surface area contributed by atoms with E-state index in [2.05, 4.69) is 0 Å². The van der Waals surface area contributed by atoms with Gasteiger partial charge in [-0.2, -0.15) is 0 Å². The highest BCUT2D eigenvalue weighted by molar-refractivity contribution is 6.30. The fourth-order valence-corrected chi connectivity index (χ4v) is 2.98. The third kappa shape index (κ3) is 1.81. The molecule has 0 bridgehead atoms. The Morgan fingerprint density at radius 1 is 0.952 bits per heavy atom. The number of hydrogen-bond acceptors (Lipinski definition) is 3. The second-order valence-electron chi connectivity index (χ2n) is 5.73. The molecule has 1 aliphatic rings. The zero-order valence-electron chi connectivity index (χ0n) is 12.2. The molecule has 2 aromatic carbocycles. The summed E-state index contributed by atoms with van der Waals surface area (Å²) in [5, 5.41) is 11.8. The van der Waals surface area contributed by atoms with E-state index in [-0.39, 0.29) is 17.3 Å². The summed E-state index contributed by atoms with van der Waals surface area (Å²) in [6.07, 6.45) is 0. The van der Waals surface area contributed by atoms with Gasteiger partial charge in [0.2, 0.25) is 5.78 Å². The minimum atomic E-state index is -0.454. The molecule has 0 saturated heterocycles. The van der Waals surface area contributed by atoms with Crippen molar-refractivity contribution in [3.8, 4) is 0 Å². The van der Waals surface area contributed by atoms with Gasteiger partial charge in [-0.1, -0.05) is 38.1 Å². The van der Waals surface area contributed by atoms with Crippen LogP contribution in [0.5, 0.6) is 0 Å². The first-order valence-corrected chi connectivity index (χ1v) is 6.98. The Kier molecular flexibility index (Phi) is 2.94. The standard InChI is InChI=1S/C18H16O3/c1-9(2)14-16(19)13-8-7-11-10(3)5-4-6-12(11)15(13)18(21)17(14)20/h4-9,20H,1-3H3. The van der Waals surface area contributed by atoms with Gasteiger partial charge in [0, 0.05) is 16.7 Å². The number of Topliss-reactive ketones (excluding diaryl/α,β-unsaturated/α-hetero) is 2. The van der Waals surface area contributed by atoms with Crippen molar-refractivity contribution in [2.24, 2.45) is 5.92 Å². The van der Waals surface area contributed by atoms with Crippen LogP contribution in [-0.4, -0.2) is 16.7 Å². The van der Waals surface area contributed by atoms with Gasteiger partial charge in [-0.3, -0.25) is 9.59 Å². The molecule has 0 unspecified atom stereocenters. The summed E-state index contributed by atoms with van der Waals surface area (Å²) < 4.78 is 0. The molecule has 21 heavy (non-hydrogen) atoms. The van der Waals surface area contributed by atoms with Crippen LogP contribution in [0.3, 0.4) is 0 Å². The maximum absolute atomic E-state index is 12.6. The number of allylic oxidation sites excluding steroid dienone is 2. The van der Waals surface area contributed by atoms with Crippen molar-refractivity contribution >= 4 is 22.3 Å². The number of hydrogen-bond donors (Lipinski definition) is 1. The molecule has 2 aromatic rings. The van der Waals surface area contributed by atoms with Gasteiger partial charge < -0.3 is 5.11 Å². The molecule has 0 saturated carbocycles. The number of carbonyl (C=O) groups excluding carboxylic acids is 2. The molecule has 0 radical (unpaired) electrons. The SMILES string of the molecule is Cc1cccc2c3c(ccc12)C(=O)C(C(C)C)=C(O)C3=O. The van der Waals surface area contributed by atoms with E-state index in [0.29, 0.717) is 11.1 Å². The predicted octanol–water partition coefficient (Wildman–Crippen LogP) is 4.00. The maximum Gasteiger partial charge on any atom is 0.229 e. The topological polar surface area (TPSA) is 54.4 Å². The largest absolute Gasteiger partial charge is 0.504 e. The molecular formula is C18H16O3. The summed E-state index contributed by atoms with van der Waals surface area (Å²) in [7, 11) is 0. The van der Waals surface area contributed by atoms with E-state index in [1.807, 2.05) is 31.2 Å². The molecule has 3 nitrogen and oxygen atoms in total. The fraction of sp³-hybridized carbons (Fsp3) is 0.222. The summed E-state index contributed by atoms with van der Waals surface area (Å²) in [5.41, 5.74) is 1.95. The molecule has 106 valence electrons. The van der Waals surface area contributed by atoms with E-state index in [4.69, 9.17) is 0 Å². The second-order valence-corrected chi connectivity index (χ2v) is 5.73. The molecule has 0 atom stereocenters. The van der Waals surface area contributed by atoms with Crippen LogP contribution >= 0.6 is 0 Å². The van der Waals surface area contributed by atoms with Crippen LogP contribution in [0.1, 0.15) is 40.1 Å². The lowest BCUT2D eigenvalue weighted by Gasteiger charge is -2.21. The molecule has 3 heteroatoms. The third-order valence-corrected chi connectivity index (χ3v) is 4.04. The number of rotatable bonds is 1. The highest BCUT2D eigenvalue weighted by atomic mass is 16.3. The molecule has 0 heterocycles. The molecule has 0 spiro atoms. The van der Waals surface area contributed by atoms with Crippen molar-refractivity contribution in [2.45, 2.75) is 20.8 Å². The predicted molar refractivity (Wildman–Crippen MR) is 81.8 cm³/mol. The Bertz CT molecular complexity index is 826. The van der Waals surface area contributed by atoms with E-state index in [9.17, 15) is 14.7 Å². The number of benzene rings is 2. The Morgan fingerprint density at radius 3 is 2.33 bits per heavy atom. The summed E-state index contributed by atoms with van der Waals surface area (Å²) in [6.45, 7) is 5.55. The summed E-state index contributed by atoms with van der Waals surface area (Å²) in [5.74, 6) is -1.30. The first-order valence-electron chi connectivity index (χ1n) is 6.98. The molecule has 0 aromatic heterocycles. The normalized spacial score (nSPS) is 15.0. The van der Waals surface area contributed by atoms with Crippen LogP contribution in [-0.2, 0) is 0 Å². The van der Waals surface area contributed by atoms with Gasteiger partial charge >= 0.3 is 0 Å². The molecule has 3 rings (SSSR count). The molecule has 0 amide bonds. The van der Waals surface area contributed by atoms with Gasteiger partial charge in [0.15, 0.2) is 11.5 Å². The molecule has 0 aliphatic heterocycles. The van der Waals surface area contributed by atoms with Crippen molar-refractivity contribution in [3.63, 3.8) is 0 Å². The average Bonchev–Trinajstić information content (AvgIpc) is 2.44. The van der Waals surface area contributed by atoms with E-state index < -0.39 is 11.5 Å². The number of aliphatic hydroxyl groups excluding tert-OH is 1. The van der Waals surface area contributed by atoms with E-state index in [0.717, 1.165) is 16.3 Å². The lowest BCUT2D eigenvalue weighted by atomic mass is 9.81. The molecule has 1 aliphatic carbocycles. The van der Waals surface area contributed by atoms with Crippen LogP contribution in [0.15, 0.2) is 41.7 Å². The van der Waals surface area contributed by atoms with Crippen LogP contribution in [0.25, 0.3) is 10.8 Å². The highest BCUT2D eigenvalue weighted by Crippen LogP contribution is 2.34. The van der Waals surface area contributed by atoms with E-state index >= 15 is 0 Å². The van der Waals surface area contributed by atoms with Gasteiger partial charge in [-0.15, -0.1) is 0 Å². The van der Waals surface area contributed by atoms with Crippen LogP contribution in [0.2, 0.25) is 0 Å². The van der Waals surface area contributed by atoms with Crippen LogP contribution in [0, 0.1) is 12.8 Å². The Labute approximate surface area is 122 Å². The van der Waals surface area contributed by atoms with Crippen molar-refractivity contribution in [1.82, 2.24) is 0 Å². The number of carbonyl (C=O) groups is 2. The fourth-order valence-electron chi connectivity index (χ4n) is 2.98. The van der Waals surface area contributed by atoms with Crippen molar-refractivity contribution in [1.29, 1.82) is 0 Å². The van der Waals surface area contributed by atoms with E-state index in [1.165, 1.54) is 0 Å². The summed E-state index contributed by atoms with van der Waals surface area (Å²) >= 11 is 0. The minimum Gasteiger partial charge on any atom is -0.504 e. The first kappa shape index (κ1) is 13.6. The zero-order valence-corrected chi connectivity index (χ0v) is 12.2. The van der Waals surface area contributed by atoms with Gasteiger partial charge in [-0.05, 0) is 35.2 Å². The van der Waals surface area contributed by atoms with Gasteiger partial charge in [0.25, 0.3) is 0 Å². The first-order chi connectivity index (χ1) is 9.93. The monoisotopic (exact) mass is 280 g/mol. The Balaban J connectivity index is 2.40. The van der Waals surface area contributed by atoms with Crippen LogP contribution < -0.4 is 0 Å². The quantitative estimate of drug-likeness (QED) is 0.859. The van der Waals surface area contributed by atoms with E-state index in [1.54, 1.807) is 19.9 Å². The van der Waals surface area contributed by atoms with Gasteiger partial charge in [-0.25, -0.2) is 0 Å². The molecular weight excluding hydrogens is 264 g/mol. The van der Waals surface area contributed by atoms with Gasteiger partial charge in [0.05, 0.1) is 0 Å². The number of aryl methyl sites for hydroxylation is 1. The number of fused-ring (bicyclic) bond motifs is 3. The smallest absolute Gasteiger partial charge is 0.229 e. The molecule has 0 fully saturated rings.